The first-order valence-electron chi connectivity index (χ1n) is 7.04. The van der Waals surface area contributed by atoms with Crippen molar-refractivity contribution < 1.29 is 13.9 Å². The van der Waals surface area contributed by atoms with Crippen LogP contribution in [0.4, 0.5) is 8.78 Å². The van der Waals surface area contributed by atoms with Gasteiger partial charge in [-0.2, -0.15) is 0 Å². The van der Waals surface area contributed by atoms with Crippen LogP contribution in [0.1, 0.15) is 63.5 Å². The molecule has 3 heteroatoms. The van der Waals surface area contributed by atoms with E-state index in [1.807, 2.05) is 19.1 Å². The zero-order valence-corrected chi connectivity index (χ0v) is 12.0. The summed E-state index contributed by atoms with van der Waals surface area (Å²) in [6, 6.07) is 7.46. The third kappa shape index (κ3) is 4.27. The molecule has 0 aliphatic heterocycles. The van der Waals surface area contributed by atoms with Crippen molar-refractivity contribution in [2.24, 2.45) is 0 Å². The molecule has 0 aliphatic rings. The number of rotatable bonds is 7. The summed E-state index contributed by atoms with van der Waals surface area (Å²) in [5, 5.41) is 10.5. The van der Waals surface area contributed by atoms with Crippen molar-refractivity contribution in [2.45, 2.75) is 64.4 Å². The Morgan fingerprint density at radius 2 is 1.74 bits per heavy atom. The molecule has 0 amide bonds. The number of halogens is 2. The van der Waals surface area contributed by atoms with E-state index in [1.165, 1.54) is 5.56 Å². The van der Waals surface area contributed by atoms with Gasteiger partial charge in [0.1, 0.15) is 0 Å². The second kappa shape index (κ2) is 6.99. The summed E-state index contributed by atoms with van der Waals surface area (Å²) >= 11 is 0. The Labute approximate surface area is 114 Å². The molecular weight excluding hydrogens is 246 g/mol. The number of hydrogen-bond donors (Lipinski definition) is 1. The molecule has 0 heterocycles. The molecule has 0 aliphatic carbocycles. The molecule has 0 saturated heterocycles. The standard InChI is InChI=1S/C16H24F2O/c1-4-10-16(19,11-15(17)18)14-8-6-13(7-9-14)12(3)5-2/h6-9,12,15,19H,4-5,10-11H2,1-3H3. The van der Waals surface area contributed by atoms with Crippen molar-refractivity contribution >= 4 is 0 Å². The highest BCUT2D eigenvalue weighted by Gasteiger charge is 2.31. The van der Waals surface area contributed by atoms with Gasteiger partial charge in [-0.15, -0.1) is 0 Å². The number of alkyl halides is 2. The Morgan fingerprint density at radius 3 is 2.16 bits per heavy atom. The van der Waals surface area contributed by atoms with Crippen LogP contribution in [-0.2, 0) is 5.60 Å². The summed E-state index contributed by atoms with van der Waals surface area (Å²) in [6.07, 6.45) is -0.916. The lowest BCUT2D eigenvalue weighted by Crippen LogP contribution is -2.28. The number of benzene rings is 1. The Morgan fingerprint density at radius 1 is 1.16 bits per heavy atom. The largest absolute Gasteiger partial charge is 0.385 e. The molecule has 0 aromatic heterocycles. The van der Waals surface area contributed by atoms with Gasteiger partial charge in [0, 0.05) is 6.42 Å². The molecule has 0 radical (unpaired) electrons. The lowest BCUT2D eigenvalue weighted by molar-refractivity contribution is -0.0333. The highest BCUT2D eigenvalue weighted by Crippen LogP contribution is 2.33. The van der Waals surface area contributed by atoms with Crippen molar-refractivity contribution in [1.82, 2.24) is 0 Å². The first kappa shape index (κ1) is 16.1. The summed E-state index contributed by atoms with van der Waals surface area (Å²) in [6.45, 7) is 6.14. The summed E-state index contributed by atoms with van der Waals surface area (Å²) < 4.78 is 25.3. The third-order valence-electron chi connectivity index (χ3n) is 3.79. The van der Waals surface area contributed by atoms with E-state index in [0.29, 0.717) is 24.3 Å². The minimum atomic E-state index is -2.49. The van der Waals surface area contributed by atoms with E-state index in [-0.39, 0.29) is 0 Å². The van der Waals surface area contributed by atoms with Crippen molar-refractivity contribution in [1.29, 1.82) is 0 Å². The van der Waals surface area contributed by atoms with Crippen LogP contribution in [0.3, 0.4) is 0 Å². The quantitative estimate of drug-likeness (QED) is 0.751. The average Bonchev–Trinajstić information content (AvgIpc) is 2.37. The van der Waals surface area contributed by atoms with E-state index in [2.05, 4.69) is 13.8 Å². The van der Waals surface area contributed by atoms with E-state index < -0.39 is 18.4 Å². The second-order valence-corrected chi connectivity index (χ2v) is 5.31. The van der Waals surface area contributed by atoms with E-state index in [9.17, 15) is 13.9 Å². The molecule has 2 unspecified atom stereocenters. The van der Waals surface area contributed by atoms with Crippen LogP contribution in [0.25, 0.3) is 0 Å². The molecule has 0 fully saturated rings. The molecule has 0 bridgehead atoms. The Balaban J connectivity index is 2.97. The highest BCUT2D eigenvalue weighted by molar-refractivity contribution is 5.29. The van der Waals surface area contributed by atoms with Gasteiger partial charge in [-0.25, -0.2) is 8.78 Å². The van der Waals surface area contributed by atoms with Crippen LogP contribution in [0.5, 0.6) is 0 Å². The normalized spacial score (nSPS) is 16.4. The summed E-state index contributed by atoms with van der Waals surface area (Å²) in [7, 11) is 0. The third-order valence-corrected chi connectivity index (χ3v) is 3.79. The maximum absolute atomic E-state index is 12.6. The Kier molecular flexibility index (Phi) is 5.92. The fourth-order valence-electron chi connectivity index (χ4n) is 2.39. The molecule has 2 atom stereocenters. The zero-order valence-electron chi connectivity index (χ0n) is 12.0. The Hall–Kier alpha value is -0.960. The van der Waals surface area contributed by atoms with E-state index in [0.717, 1.165) is 6.42 Å². The molecular formula is C16H24F2O. The van der Waals surface area contributed by atoms with Gasteiger partial charge >= 0.3 is 0 Å². The van der Waals surface area contributed by atoms with Crippen molar-refractivity contribution in [3.63, 3.8) is 0 Å². The minimum Gasteiger partial charge on any atom is -0.385 e. The van der Waals surface area contributed by atoms with Crippen LogP contribution < -0.4 is 0 Å². The molecule has 1 aromatic carbocycles. The van der Waals surface area contributed by atoms with Crippen LogP contribution in [0.2, 0.25) is 0 Å². The molecule has 19 heavy (non-hydrogen) atoms. The van der Waals surface area contributed by atoms with Crippen molar-refractivity contribution in [3.8, 4) is 0 Å². The maximum atomic E-state index is 12.6. The maximum Gasteiger partial charge on any atom is 0.241 e. The first-order chi connectivity index (χ1) is 8.92. The van der Waals surface area contributed by atoms with Gasteiger partial charge in [0.25, 0.3) is 0 Å². The average molecular weight is 270 g/mol. The lowest BCUT2D eigenvalue weighted by atomic mass is 9.85. The van der Waals surface area contributed by atoms with Gasteiger partial charge in [0.05, 0.1) is 5.60 Å². The fourth-order valence-corrected chi connectivity index (χ4v) is 2.39. The first-order valence-corrected chi connectivity index (χ1v) is 7.04. The zero-order chi connectivity index (χ0) is 14.5. The minimum absolute atomic E-state index is 0.361. The molecule has 1 N–H and O–H groups in total. The summed E-state index contributed by atoms with van der Waals surface area (Å²) in [5.41, 5.74) is 0.375. The smallest absolute Gasteiger partial charge is 0.241 e. The number of aliphatic hydroxyl groups is 1. The van der Waals surface area contributed by atoms with E-state index in [4.69, 9.17) is 0 Å². The van der Waals surface area contributed by atoms with Gasteiger partial charge < -0.3 is 5.11 Å². The monoisotopic (exact) mass is 270 g/mol. The van der Waals surface area contributed by atoms with Crippen LogP contribution in [0.15, 0.2) is 24.3 Å². The van der Waals surface area contributed by atoms with E-state index in [1.54, 1.807) is 12.1 Å². The predicted octanol–water partition coefficient (Wildman–Crippen LogP) is 4.84. The molecule has 108 valence electrons. The van der Waals surface area contributed by atoms with Crippen molar-refractivity contribution in [3.05, 3.63) is 35.4 Å². The van der Waals surface area contributed by atoms with Crippen LogP contribution in [0, 0.1) is 0 Å². The summed E-state index contributed by atoms with van der Waals surface area (Å²) in [5.74, 6) is 0.448. The van der Waals surface area contributed by atoms with Crippen LogP contribution in [-0.4, -0.2) is 11.5 Å². The Bertz CT molecular complexity index is 375. The molecule has 1 nitrogen and oxygen atoms in total. The lowest BCUT2D eigenvalue weighted by Gasteiger charge is -2.28. The second-order valence-electron chi connectivity index (χ2n) is 5.31. The van der Waals surface area contributed by atoms with Gasteiger partial charge in [-0.3, -0.25) is 0 Å². The molecule has 0 spiro atoms. The number of hydrogen-bond acceptors (Lipinski definition) is 1. The van der Waals surface area contributed by atoms with Gasteiger partial charge in [-0.05, 0) is 29.9 Å². The predicted molar refractivity (Wildman–Crippen MR) is 74.6 cm³/mol. The fraction of sp³-hybridized carbons (Fsp3) is 0.625. The van der Waals surface area contributed by atoms with Crippen LogP contribution >= 0.6 is 0 Å². The van der Waals surface area contributed by atoms with Gasteiger partial charge in [0.2, 0.25) is 6.43 Å². The van der Waals surface area contributed by atoms with E-state index >= 15 is 0 Å². The van der Waals surface area contributed by atoms with Crippen molar-refractivity contribution in [2.75, 3.05) is 0 Å². The molecule has 0 saturated carbocycles. The van der Waals surface area contributed by atoms with Gasteiger partial charge in [0.15, 0.2) is 0 Å². The SMILES string of the molecule is CCCC(O)(CC(F)F)c1ccc(C(C)CC)cc1. The van der Waals surface area contributed by atoms with Gasteiger partial charge in [-0.1, -0.05) is 51.5 Å². The summed E-state index contributed by atoms with van der Waals surface area (Å²) in [4.78, 5) is 0. The molecule has 1 aromatic rings. The molecule has 1 rings (SSSR count). The topological polar surface area (TPSA) is 20.2 Å². The highest BCUT2D eigenvalue weighted by atomic mass is 19.3.